The molecule has 0 aromatic heterocycles. The normalized spacial score (nSPS) is 11.0. The first kappa shape index (κ1) is 12.2. The number of alkyl halides is 3. The van der Waals surface area contributed by atoms with Gasteiger partial charge in [-0.05, 0) is 24.6 Å². The minimum atomic E-state index is -4.80. The van der Waals surface area contributed by atoms with Gasteiger partial charge in [0.2, 0.25) is 0 Å². The number of halogens is 3. The Bertz CT molecular complexity index is 404. The van der Waals surface area contributed by atoms with Crippen LogP contribution in [0.15, 0.2) is 18.2 Å². The summed E-state index contributed by atoms with van der Waals surface area (Å²) in [7, 11) is 0. The molecule has 1 aromatic carbocycles. The largest absolute Gasteiger partial charge is 0.506 e. The summed E-state index contributed by atoms with van der Waals surface area (Å²) in [5, 5.41) is 11.9. The van der Waals surface area contributed by atoms with Crippen molar-refractivity contribution >= 4 is 11.7 Å². The van der Waals surface area contributed by atoms with Gasteiger partial charge in [-0.2, -0.15) is 13.2 Å². The van der Waals surface area contributed by atoms with Gasteiger partial charge in [0, 0.05) is 0 Å². The monoisotopic (exact) mass is 234 g/mol. The maximum Gasteiger partial charge on any atom is 0.485 e. The minimum Gasteiger partial charge on any atom is -0.506 e. The second-order valence-electron chi connectivity index (χ2n) is 3.10. The second kappa shape index (κ2) is 4.30. The van der Waals surface area contributed by atoms with Gasteiger partial charge in [0.25, 0.3) is 0 Å². The number of amides is 2. The molecule has 0 radical (unpaired) electrons. The molecule has 4 nitrogen and oxygen atoms in total. The molecule has 0 aliphatic heterocycles. The summed E-state index contributed by atoms with van der Waals surface area (Å²) in [6.07, 6.45) is -4.80. The summed E-state index contributed by atoms with van der Waals surface area (Å²) < 4.78 is 35.2. The van der Waals surface area contributed by atoms with E-state index in [0.717, 1.165) is 10.9 Å². The highest BCUT2D eigenvalue weighted by atomic mass is 19.4. The highest BCUT2D eigenvalue weighted by Gasteiger charge is 2.30. The molecule has 0 aliphatic carbocycles. The van der Waals surface area contributed by atoms with Gasteiger partial charge in [0.05, 0.1) is 5.69 Å². The van der Waals surface area contributed by atoms with E-state index in [1.54, 1.807) is 13.0 Å². The Balaban J connectivity index is 2.70. The molecule has 0 saturated heterocycles. The molecule has 88 valence electrons. The zero-order valence-electron chi connectivity index (χ0n) is 8.22. The lowest BCUT2D eigenvalue weighted by Crippen LogP contribution is -2.40. The van der Waals surface area contributed by atoms with Crippen molar-refractivity contribution in [3.63, 3.8) is 0 Å². The number of phenols is 1. The van der Waals surface area contributed by atoms with Crippen LogP contribution in [-0.2, 0) is 0 Å². The van der Waals surface area contributed by atoms with Gasteiger partial charge in [0.15, 0.2) is 0 Å². The van der Waals surface area contributed by atoms with Crippen LogP contribution < -0.4 is 10.6 Å². The number of nitrogens with one attached hydrogen (secondary N) is 2. The molecule has 0 spiro atoms. The second-order valence-corrected chi connectivity index (χ2v) is 3.10. The van der Waals surface area contributed by atoms with E-state index in [9.17, 15) is 23.1 Å². The standard InChI is InChI=1S/C9H9F3N2O2/c1-5-2-3-6(7(15)4-5)13-8(16)14-9(10,11)12/h2-4,15H,1H3,(H2,13,14,16). The molecule has 1 rings (SSSR count). The van der Waals surface area contributed by atoms with E-state index in [1.807, 2.05) is 5.32 Å². The molecule has 0 heterocycles. The van der Waals surface area contributed by atoms with Gasteiger partial charge in [-0.1, -0.05) is 6.07 Å². The van der Waals surface area contributed by atoms with Gasteiger partial charge in [-0.3, -0.25) is 0 Å². The fourth-order valence-electron chi connectivity index (χ4n) is 1.03. The van der Waals surface area contributed by atoms with Crippen LogP contribution in [0.2, 0.25) is 0 Å². The van der Waals surface area contributed by atoms with Crippen molar-refractivity contribution in [3.8, 4) is 5.75 Å². The maximum absolute atomic E-state index is 11.7. The van der Waals surface area contributed by atoms with Crippen LogP contribution in [0.25, 0.3) is 0 Å². The predicted molar refractivity (Wildman–Crippen MR) is 51.1 cm³/mol. The lowest BCUT2D eigenvalue weighted by Gasteiger charge is -2.11. The molecule has 3 N–H and O–H groups in total. The van der Waals surface area contributed by atoms with Crippen LogP contribution in [0.3, 0.4) is 0 Å². The molecule has 16 heavy (non-hydrogen) atoms. The van der Waals surface area contributed by atoms with Crippen molar-refractivity contribution in [3.05, 3.63) is 23.8 Å². The molecule has 0 unspecified atom stereocenters. The average molecular weight is 234 g/mol. The van der Waals surface area contributed by atoms with E-state index in [0.29, 0.717) is 0 Å². The molecule has 0 atom stereocenters. The maximum atomic E-state index is 11.7. The van der Waals surface area contributed by atoms with E-state index < -0.39 is 12.3 Å². The number of hydrogen-bond donors (Lipinski definition) is 3. The first-order valence-corrected chi connectivity index (χ1v) is 4.23. The Morgan fingerprint density at radius 2 is 2.00 bits per heavy atom. The minimum absolute atomic E-state index is 0.0904. The summed E-state index contributed by atoms with van der Waals surface area (Å²) in [6, 6.07) is 2.72. The number of hydrogen-bond acceptors (Lipinski definition) is 2. The van der Waals surface area contributed by atoms with Gasteiger partial charge in [-0.25, -0.2) is 10.1 Å². The topological polar surface area (TPSA) is 61.4 Å². The van der Waals surface area contributed by atoms with E-state index in [1.165, 1.54) is 12.1 Å². The van der Waals surface area contributed by atoms with Crippen molar-refractivity contribution in [2.24, 2.45) is 0 Å². The smallest absolute Gasteiger partial charge is 0.485 e. The Morgan fingerprint density at radius 3 is 2.50 bits per heavy atom. The predicted octanol–water partition coefficient (Wildman–Crippen LogP) is 2.34. The SMILES string of the molecule is Cc1ccc(NC(=O)NC(F)(F)F)c(O)c1. The Labute approximate surface area is 89.1 Å². The number of anilines is 1. The zero-order valence-corrected chi connectivity index (χ0v) is 8.22. The van der Waals surface area contributed by atoms with Crippen molar-refractivity contribution in [1.29, 1.82) is 0 Å². The molecular weight excluding hydrogens is 225 g/mol. The highest BCUT2D eigenvalue weighted by Crippen LogP contribution is 2.23. The van der Waals surface area contributed by atoms with Crippen molar-refractivity contribution < 1.29 is 23.1 Å². The van der Waals surface area contributed by atoms with E-state index in [2.05, 4.69) is 0 Å². The Morgan fingerprint density at radius 1 is 1.38 bits per heavy atom. The number of aryl methyl sites for hydroxylation is 1. The van der Waals surface area contributed by atoms with Crippen molar-refractivity contribution in [1.82, 2.24) is 5.32 Å². The van der Waals surface area contributed by atoms with Crippen LogP contribution in [0, 0.1) is 6.92 Å². The molecule has 0 saturated carbocycles. The fourth-order valence-corrected chi connectivity index (χ4v) is 1.03. The summed E-state index contributed by atoms with van der Waals surface area (Å²) in [4.78, 5) is 10.8. The van der Waals surface area contributed by atoms with Crippen LogP contribution in [0.1, 0.15) is 5.56 Å². The molecule has 7 heteroatoms. The highest BCUT2D eigenvalue weighted by molar-refractivity contribution is 5.91. The van der Waals surface area contributed by atoms with Crippen LogP contribution in [-0.4, -0.2) is 17.4 Å². The van der Waals surface area contributed by atoms with Gasteiger partial charge >= 0.3 is 12.3 Å². The number of urea groups is 1. The lowest BCUT2D eigenvalue weighted by atomic mass is 10.2. The number of carbonyl (C=O) groups excluding carboxylic acids is 1. The fraction of sp³-hybridized carbons (Fsp3) is 0.222. The number of rotatable bonds is 1. The molecular formula is C9H9F3N2O2. The third-order valence-corrected chi connectivity index (χ3v) is 1.66. The Kier molecular flexibility index (Phi) is 3.26. The number of phenolic OH excluding ortho intramolecular Hbond substituents is 1. The third kappa shape index (κ3) is 3.68. The number of carbonyl (C=O) groups is 1. The average Bonchev–Trinajstić information content (AvgIpc) is 2.06. The first-order chi connectivity index (χ1) is 7.28. The van der Waals surface area contributed by atoms with Crippen molar-refractivity contribution in [2.45, 2.75) is 13.2 Å². The molecule has 1 aromatic rings. The molecule has 0 bridgehead atoms. The van der Waals surface area contributed by atoms with Crippen LogP contribution >= 0.6 is 0 Å². The first-order valence-electron chi connectivity index (χ1n) is 4.23. The Hall–Kier alpha value is -1.92. The van der Waals surface area contributed by atoms with E-state index in [-0.39, 0.29) is 11.4 Å². The summed E-state index contributed by atoms with van der Waals surface area (Å²) in [5.74, 6) is -0.294. The summed E-state index contributed by atoms with van der Waals surface area (Å²) >= 11 is 0. The van der Waals surface area contributed by atoms with Crippen LogP contribution in [0.5, 0.6) is 5.75 Å². The summed E-state index contributed by atoms with van der Waals surface area (Å²) in [6.45, 7) is 1.69. The quantitative estimate of drug-likeness (QED) is 0.516. The zero-order chi connectivity index (χ0) is 12.3. The molecule has 0 aliphatic rings. The van der Waals surface area contributed by atoms with Gasteiger partial charge in [-0.15, -0.1) is 0 Å². The van der Waals surface area contributed by atoms with Crippen molar-refractivity contribution in [2.75, 3.05) is 5.32 Å². The number of aromatic hydroxyl groups is 1. The van der Waals surface area contributed by atoms with Gasteiger partial charge < -0.3 is 10.4 Å². The molecule has 2 amide bonds. The van der Waals surface area contributed by atoms with E-state index in [4.69, 9.17) is 0 Å². The van der Waals surface area contributed by atoms with E-state index >= 15 is 0 Å². The molecule has 0 fully saturated rings. The number of benzene rings is 1. The lowest BCUT2D eigenvalue weighted by molar-refractivity contribution is -0.144. The van der Waals surface area contributed by atoms with Crippen LogP contribution in [0.4, 0.5) is 23.7 Å². The third-order valence-electron chi connectivity index (χ3n) is 1.66. The summed E-state index contributed by atoms with van der Waals surface area (Å²) in [5.41, 5.74) is 0.631. The van der Waals surface area contributed by atoms with Gasteiger partial charge in [0.1, 0.15) is 5.75 Å².